The van der Waals surface area contributed by atoms with E-state index in [1.807, 2.05) is 7.05 Å². The van der Waals surface area contributed by atoms with Gasteiger partial charge in [-0.3, -0.25) is 14.0 Å². The van der Waals surface area contributed by atoms with Crippen LogP contribution in [0.2, 0.25) is 0 Å². The molecule has 0 bridgehead atoms. The summed E-state index contributed by atoms with van der Waals surface area (Å²) in [4.78, 5) is 22.9. The third-order valence-electron chi connectivity index (χ3n) is 6.45. The monoisotopic (exact) mass is 475 g/mol. The van der Waals surface area contributed by atoms with Crippen LogP contribution < -0.4 is 5.32 Å². The summed E-state index contributed by atoms with van der Waals surface area (Å²) >= 11 is 0. The van der Waals surface area contributed by atoms with Crippen molar-refractivity contribution in [3.63, 3.8) is 0 Å². The van der Waals surface area contributed by atoms with Gasteiger partial charge >= 0.3 is 0 Å². The Kier molecular flexibility index (Phi) is 5.57. The molecule has 0 radical (unpaired) electrons. The van der Waals surface area contributed by atoms with Crippen LogP contribution in [0.3, 0.4) is 0 Å². The van der Waals surface area contributed by atoms with Crippen molar-refractivity contribution in [1.29, 1.82) is 0 Å². The third-order valence-corrected chi connectivity index (χ3v) is 6.45. The van der Waals surface area contributed by atoms with Gasteiger partial charge in [0.25, 0.3) is 5.91 Å². The number of hydrogen-bond acceptors (Lipinski definition) is 4. The number of aromatic nitrogens is 4. The number of fused-ring (bicyclic) bond motifs is 1. The van der Waals surface area contributed by atoms with Crippen molar-refractivity contribution < 1.29 is 13.6 Å². The van der Waals surface area contributed by atoms with E-state index in [9.17, 15) is 9.18 Å². The SMILES string of the molecule is [C-]#[N+]c1ccc(-c2nc(C(=O)N3CC[C@H](NC)C3)c(C)n2-c2cc3cn(C)nc3cc2F)cc1F. The van der Waals surface area contributed by atoms with Gasteiger partial charge in [0.15, 0.2) is 0 Å². The number of halogens is 2. The second-order valence-electron chi connectivity index (χ2n) is 8.67. The molecular weight excluding hydrogens is 452 g/mol. The summed E-state index contributed by atoms with van der Waals surface area (Å²) in [6, 6.07) is 7.26. The molecular formula is C25H23F2N7O. The van der Waals surface area contributed by atoms with Crippen LogP contribution >= 0.6 is 0 Å². The molecule has 0 unspecified atom stereocenters. The fraction of sp³-hybridized carbons (Fsp3) is 0.280. The molecule has 1 N–H and O–H groups in total. The fourth-order valence-electron chi connectivity index (χ4n) is 4.59. The molecule has 0 spiro atoms. The number of nitrogens with one attached hydrogen (secondary N) is 1. The number of benzene rings is 2. The third kappa shape index (κ3) is 3.84. The molecule has 1 aliphatic heterocycles. The van der Waals surface area contributed by atoms with E-state index in [0.717, 1.165) is 6.42 Å². The van der Waals surface area contributed by atoms with Crippen LogP contribution in [-0.2, 0) is 7.05 Å². The van der Waals surface area contributed by atoms with Crippen LogP contribution in [0.1, 0.15) is 22.6 Å². The highest BCUT2D eigenvalue weighted by atomic mass is 19.1. The zero-order chi connectivity index (χ0) is 24.9. The predicted molar refractivity (Wildman–Crippen MR) is 128 cm³/mol. The Balaban J connectivity index is 1.71. The number of carbonyl (C=O) groups excluding carboxylic acids is 1. The molecule has 10 heteroatoms. The highest BCUT2D eigenvalue weighted by Crippen LogP contribution is 2.32. The molecule has 3 heterocycles. The first-order valence-corrected chi connectivity index (χ1v) is 11.2. The Hall–Kier alpha value is -4.10. The average Bonchev–Trinajstić information content (AvgIpc) is 3.54. The number of rotatable bonds is 4. The molecule has 1 amide bonds. The van der Waals surface area contributed by atoms with E-state index >= 15 is 4.39 Å². The molecule has 0 saturated carbocycles. The number of aryl methyl sites for hydroxylation is 1. The summed E-state index contributed by atoms with van der Waals surface area (Å²) in [6.45, 7) is 9.94. The summed E-state index contributed by atoms with van der Waals surface area (Å²) in [5.41, 5.74) is 1.49. The van der Waals surface area contributed by atoms with Crippen LogP contribution in [0.5, 0.6) is 0 Å². The number of carbonyl (C=O) groups is 1. The zero-order valence-corrected chi connectivity index (χ0v) is 19.5. The van der Waals surface area contributed by atoms with E-state index in [2.05, 4.69) is 20.2 Å². The van der Waals surface area contributed by atoms with Gasteiger partial charge in [0.2, 0.25) is 5.69 Å². The van der Waals surface area contributed by atoms with Crippen molar-refractivity contribution in [3.8, 4) is 17.1 Å². The van der Waals surface area contributed by atoms with Gasteiger partial charge < -0.3 is 10.2 Å². The van der Waals surface area contributed by atoms with E-state index in [-0.39, 0.29) is 34.8 Å². The first kappa shape index (κ1) is 22.7. The maximum Gasteiger partial charge on any atom is 0.274 e. The Morgan fingerprint density at radius 1 is 1.23 bits per heavy atom. The van der Waals surface area contributed by atoms with Crippen molar-refractivity contribution in [2.75, 3.05) is 20.1 Å². The van der Waals surface area contributed by atoms with Gasteiger partial charge in [0.05, 0.1) is 23.5 Å². The molecule has 1 atom stereocenters. The van der Waals surface area contributed by atoms with Crippen LogP contribution in [0, 0.1) is 25.1 Å². The smallest absolute Gasteiger partial charge is 0.274 e. The van der Waals surface area contributed by atoms with Gasteiger partial charge in [0, 0.05) is 49.4 Å². The first-order chi connectivity index (χ1) is 16.8. The Labute approximate surface area is 200 Å². The Bertz CT molecular complexity index is 1510. The average molecular weight is 476 g/mol. The summed E-state index contributed by atoms with van der Waals surface area (Å²) in [5, 5.41) is 8.14. The predicted octanol–water partition coefficient (Wildman–Crippen LogP) is 4.00. The number of hydrogen-bond donors (Lipinski definition) is 1. The van der Waals surface area contributed by atoms with Crippen LogP contribution in [0.15, 0.2) is 36.5 Å². The number of nitrogens with zero attached hydrogens (tertiary/aromatic N) is 6. The molecule has 4 aromatic rings. The van der Waals surface area contributed by atoms with Crippen molar-refractivity contribution >= 4 is 22.5 Å². The van der Waals surface area contributed by atoms with Crippen LogP contribution in [-0.4, -0.2) is 56.3 Å². The lowest BCUT2D eigenvalue weighted by Gasteiger charge is -2.16. The lowest BCUT2D eigenvalue weighted by Crippen LogP contribution is -2.34. The lowest BCUT2D eigenvalue weighted by atomic mass is 10.1. The zero-order valence-electron chi connectivity index (χ0n) is 19.5. The standard InChI is InChI=1S/C25H23F2N7O/c1-14-23(25(35)33-8-7-17(13-33)28-2)30-24(15-5-6-20(29-3)18(26)9-15)34(14)22-10-16-12-32(4)31-21(16)11-19(22)27/h5-6,9-12,17,28H,7-8,13H2,1-2,4H3/t17-/m0/s1. The minimum Gasteiger partial charge on any atom is -0.336 e. The maximum absolute atomic E-state index is 15.4. The van der Waals surface area contributed by atoms with Gasteiger partial charge in [-0.15, -0.1) is 0 Å². The van der Waals surface area contributed by atoms with Gasteiger partial charge in [0.1, 0.15) is 23.2 Å². The summed E-state index contributed by atoms with van der Waals surface area (Å²) in [5.74, 6) is -1.31. The maximum atomic E-state index is 15.4. The van der Waals surface area contributed by atoms with Gasteiger partial charge in [-0.25, -0.2) is 18.6 Å². The van der Waals surface area contributed by atoms with Crippen molar-refractivity contribution in [3.05, 3.63) is 71.0 Å². The molecule has 2 aromatic carbocycles. The molecule has 2 aromatic heterocycles. The summed E-state index contributed by atoms with van der Waals surface area (Å²) < 4.78 is 33.0. The quantitative estimate of drug-likeness (QED) is 0.453. The summed E-state index contributed by atoms with van der Waals surface area (Å²) in [6.07, 6.45) is 2.59. The van der Waals surface area contributed by atoms with E-state index < -0.39 is 11.6 Å². The van der Waals surface area contributed by atoms with Gasteiger partial charge in [-0.1, -0.05) is 12.1 Å². The highest BCUT2D eigenvalue weighted by Gasteiger charge is 2.31. The number of amides is 1. The molecule has 8 nitrogen and oxygen atoms in total. The van der Waals surface area contributed by atoms with Gasteiger partial charge in [-0.2, -0.15) is 5.10 Å². The number of likely N-dealkylation sites (tertiary alicyclic amines) is 1. The van der Waals surface area contributed by atoms with Crippen molar-refractivity contribution in [2.24, 2.45) is 7.05 Å². The van der Waals surface area contributed by atoms with Crippen LogP contribution in [0.4, 0.5) is 14.5 Å². The highest BCUT2D eigenvalue weighted by molar-refractivity contribution is 5.95. The largest absolute Gasteiger partial charge is 0.336 e. The molecule has 0 aliphatic carbocycles. The summed E-state index contributed by atoms with van der Waals surface area (Å²) in [7, 11) is 3.60. The second kappa shape index (κ2) is 8.60. The Morgan fingerprint density at radius 2 is 2.03 bits per heavy atom. The molecule has 178 valence electrons. The lowest BCUT2D eigenvalue weighted by molar-refractivity contribution is 0.0783. The molecule has 35 heavy (non-hydrogen) atoms. The number of imidazole rings is 1. The molecule has 5 rings (SSSR count). The van der Waals surface area contributed by atoms with Gasteiger partial charge in [-0.05, 0) is 32.5 Å². The van der Waals surface area contributed by atoms with Crippen molar-refractivity contribution in [2.45, 2.75) is 19.4 Å². The van der Waals surface area contributed by atoms with E-state index in [1.54, 1.807) is 41.9 Å². The molecule has 1 fully saturated rings. The molecule has 1 saturated heterocycles. The van der Waals surface area contributed by atoms with E-state index in [4.69, 9.17) is 6.57 Å². The first-order valence-electron chi connectivity index (χ1n) is 11.2. The van der Waals surface area contributed by atoms with E-state index in [0.29, 0.717) is 35.2 Å². The van der Waals surface area contributed by atoms with Crippen molar-refractivity contribution in [1.82, 2.24) is 29.5 Å². The fourth-order valence-corrected chi connectivity index (χ4v) is 4.59. The number of likely N-dealkylation sites (N-methyl/N-ethyl adjacent to an activating group) is 1. The minimum atomic E-state index is -0.711. The minimum absolute atomic E-state index is 0.127. The Morgan fingerprint density at radius 3 is 2.71 bits per heavy atom. The topological polar surface area (TPSA) is 72.3 Å². The van der Waals surface area contributed by atoms with E-state index in [1.165, 1.54) is 22.8 Å². The van der Waals surface area contributed by atoms with Crippen LogP contribution in [0.25, 0.3) is 32.8 Å². The normalized spacial score (nSPS) is 15.7. The second-order valence-corrected chi connectivity index (χ2v) is 8.67. The molecule has 1 aliphatic rings.